The van der Waals surface area contributed by atoms with Crippen LogP contribution in [0.5, 0.6) is 0 Å². The number of anilines is 1. The zero-order chi connectivity index (χ0) is 24.4. The lowest BCUT2D eigenvalue weighted by atomic mass is 9.98. The van der Waals surface area contributed by atoms with Crippen molar-refractivity contribution in [2.75, 3.05) is 5.32 Å². The summed E-state index contributed by atoms with van der Waals surface area (Å²) in [5.41, 5.74) is 3.22. The van der Waals surface area contributed by atoms with Crippen LogP contribution in [0.25, 0.3) is 0 Å². The first kappa shape index (κ1) is 23.3. The van der Waals surface area contributed by atoms with Crippen LogP contribution in [-0.2, 0) is 9.59 Å². The van der Waals surface area contributed by atoms with E-state index in [-0.39, 0.29) is 30.1 Å². The van der Waals surface area contributed by atoms with Gasteiger partial charge < -0.3 is 5.32 Å². The van der Waals surface area contributed by atoms with E-state index < -0.39 is 5.25 Å². The number of carbonyl (C=O) groups excluding carboxylic acids is 2. The Kier molecular flexibility index (Phi) is 6.66. The number of carbonyl (C=O) groups is 2. The van der Waals surface area contributed by atoms with E-state index in [0.717, 1.165) is 16.8 Å². The Hall–Kier alpha value is -3.49. The molecule has 2 aliphatic heterocycles. The monoisotopic (exact) mass is 506 g/mol. The minimum Gasteiger partial charge on any atom is -0.326 e. The first-order valence-corrected chi connectivity index (χ1v) is 12.2. The maximum absolute atomic E-state index is 13.6. The van der Waals surface area contributed by atoms with E-state index >= 15 is 0 Å². The van der Waals surface area contributed by atoms with Crippen LogP contribution in [0, 0.1) is 5.82 Å². The molecule has 2 atom stereocenters. The topological polar surface area (TPSA) is 74.1 Å². The van der Waals surface area contributed by atoms with Crippen molar-refractivity contribution in [1.82, 2.24) is 5.01 Å². The van der Waals surface area contributed by atoms with E-state index in [0.29, 0.717) is 22.3 Å². The lowest BCUT2D eigenvalue weighted by Gasteiger charge is -2.23. The first-order chi connectivity index (χ1) is 17.0. The molecule has 0 spiro atoms. The lowest BCUT2D eigenvalue weighted by molar-refractivity contribution is -0.121. The molecule has 5 rings (SSSR count). The molecular weight excluding hydrogens is 487 g/mol. The highest BCUT2D eigenvalue weighted by Crippen LogP contribution is 2.38. The average molecular weight is 507 g/mol. The van der Waals surface area contributed by atoms with Crippen LogP contribution in [0.2, 0.25) is 5.02 Å². The molecule has 0 saturated carbocycles. The van der Waals surface area contributed by atoms with Crippen LogP contribution in [0.3, 0.4) is 0 Å². The number of hydrogen-bond donors (Lipinski definition) is 1. The van der Waals surface area contributed by atoms with Crippen molar-refractivity contribution in [1.29, 1.82) is 0 Å². The zero-order valence-electron chi connectivity index (χ0n) is 18.4. The van der Waals surface area contributed by atoms with Crippen LogP contribution in [0.1, 0.15) is 30.0 Å². The Morgan fingerprint density at radius 1 is 1.06 bits per heavy atom. The molecule has 1 N–H and O–H groups in total. The summed E-state index contributed by atoms with van der Waals surface area (Å²) in [5.74, 6) is -0.967. The van der Waals surface area contributed by atoms with Gasteiger partial charge in [0.05, 0.1) is 11.8 Å². The van der Waals surface area contributed by atoms with Crippen molar-refractivity contribution in [3.8, 4) is 0 Å². The SMILES string of the molecule is O=C(CC1SC(N2N=C(c3ccc(Cl)cc3)CC2c2ccc(F)cc2)=NC1=O)Nc1ccccc1. The fraction of sp³-hybridized carbons (Fsp3) is 0.154. The number of halogens is 2. The summed E-state index contributed by atoms with van der Waals surface area (Å²) in [4.78, 5) is 29.4. The van der Waals surface area contributed by atoms with Gasteiger partial charge in [0.1, 0.15) is 11.1 Å². The summed E-state index contributed by atoms with van der Waals surface area (Å²) in [6.45, 7) is 0. The minimum atomic E-state index is -0.641. The second kappa shape index (κ2) is 10.0. The second-order valence-corrected chi connectivity index (χ2v) is 9.73. The second-order valence-electron chi connectivity index (χ2n) is 8.13. The van der Waals surface area contributed by atoms with E-state index in [1.165, 1.54) is 23.9 Å². The number of para-hydroxylation sites is 1. The van der Waals surface area contributed by atoms with E-state index in [2.05, 4.69) is 10.3 Å². The average Bonchev–Trinajstić information content (AvgIpc) is 3.45. The Labute approximate surface area is 210 Å². The van der Waals surface area contributed by atoms with Gasteiger partial charge >= 0.3 is 0 Å². The van der Waals surface area contributed by atoms with E-state index in [4.69, 9.17) is 16.7 Å². The number of benzene rings is 3. The molecule has 2 amide bonds. The van der Waals surface area contributed by atoms with Crippen LogP contribution in [0.15, 0.2) is 89.0 Å². The Morgan fingerprint density at radius 2 is 1.77 bits per heavy atom. The molecule has 176 valence electrons. The van der Waals surface area contributed by atoms with Crippen molar-refractivity contribution < 1.29 is 14.0 Å². The normalized spacial score (nSPS) is 19.5. The third kappa shape index (κ3) is 5.28. The highest BCUT2D eigenvalue weighted by molar-refractivity contribution is 8.15. The Balaban J connectivity index is 1.36. The highest BCUT2D eigenvalue weighted by Gasteiger charge is 2.39. The molecular formula is C26H20ClFN4O2S. The van der Waals surface area contributed by atoms with Crippen molar-refractivity contribution >= 4 is 51.7 Å². The molecule has 0 aromatic heterocycles. The fourth-order valence-corrected chi connectivity index (χ4v) is 5.14. The quantitative estimate of drug-likeness (QED) is 0.484. The summed E-state index contributed by atoms with van der Waals surface area (Å²) < 4.78 is 13.6. The molecule has 6 nitrogen and oxygen atoms in total. The van der Waals surface area contributed by atoms with Gasteiger partial charge in [-0.2, -0.15) is 10.1 Å². The van der Waals surface area contributed by atoms with Crippen LogP contribution >= 0.6 is 23.4 Å². The Morgan fingerprint density at radius 3 is 2.49 bits per heavy atom. The number of aliphatic imine (C=N–C) groups is 1. The van der Waals surface area contributed by atoms with Crippen molar-refractivity contribution in [3.05, 3.63) is 101 Å². The molecule has 0 radical (unpaired) electrons. The van der Waals surface area contributed by atoms with Crippen LogP contribution < -0.4 is 5.32 Å². The molecule has 35 heavy (non-hydrogen) atoms. The van der Waals surface area contributed by atoms with Gasteiger partial charge in [-0.25, -0.2) is 9.40 Å². The summed E-state index contributed by atoms with van der Waals surface area (Å²) in [7, 11) is 0. The highest BCUT2D eigenvalue weighted by atomic mass is 35.5. The van der Waals surface area contributed by atoms with E-state index in [9.17, 15) is 14.0 Å². The number of amides is 2. The predicted molar refractivity (Wildman–Crippen MR) is 137 cm³/mol. The summed E-state index contributed by atoms with van der Waals surface area (Å²) >= 11 is 7.26. The number of nitrogens with zero attached hydrogens (tertiary/aromatic N) is 3. The van der Waals surface area contributed by atoms with Crippen molar-refractivity contribution in [3.63, 3.8) is 0 Å². The first-order valence-electron chi connectivity index (χ1n) is 11.0. The fourth-order valence-electron chi connectivity index (χ4n) is 3.95. The number of hydrazone groups is 1. The van der Waals surface area contributed by atoms with Crippen molar-refractivity contribution in [2.45, 2.75) is 24.1 Å². The van der Waals surface area contributed by atoms with Gasteiger partial charge in [-0.05, 0) is 47.5 Å². The van der Waals surface area contributed by atoms with Gasteiger partial charge in [-0.15, -0.1) is 0 Å². The largest absolute Gasteiger partial charge is 0.326 e. The number of amidine groups is 1. The summed E-state index contributed by atoms with van der Waals surface area (Å²) in [6.07, 6.45) is 0.536. The predicted octanol–water partition coefficient (Wildman–Crippen LogP) is 5.66. The minimum absolute atomic E-state index is 0.00575. The van der Waals surface area contributed by atoms with Gasteiger partial charge in [-0.3, -0.25) is 9.59 Å². The van der Waals surface area contributed by atoms with Gasteiger partial charge in [0, 0.05) is 23.6 Å². The molecule has 0 bridgehead atoms. The number of hydrogen-bond acceptors (Lipinski definition) is 5. The van der Waals surface area contributed by atoms with Gasteiger partial charge in [-0.1, -0.05) is 65.8 Å². The molecule has 0 fully saturated rings. The van der Waals surface area contributed by atoms with Crippen molar-refractivity contribution in [2.24, 2.45) is 10.1 Å². The third-order valence-corrected chi connectivity index (χ3v) is 7.09. The number of rotatable bonds is 5. The molecule has 0 saturated heterocycles. The molecule has 3 aromatic rings. The molecule has 2 unspecified atom stereocenters. The molecule has 2 heterocycles. The summed E-state index contributed by atoms with van der Waals surface area (Å²) in [5, 5.41) is 9.68. The maximum atomic E-state index is 13.6. The van der Waals surface area contributed by atoms with E-state index in [1.807, 2.05) is 30.3 Å². The van der Waals surface area contributed by atoms with E-state index in [1.54, 1.807) is 41.4 Å². The van der Waals surface area contributed by atoms with Gasteiger partial charge in [0.2, 0.25) is 5.91 Å². The Bertz CT molecular complexity index is 1310. The van der Waals surface area contributed by atoms with Crippen LogP contribution in [-0.4, -0.2) is 33.0 Å². The van der Waals surface area contributed by atoms with Crippen LogP contribution in [0.4, 0.5) is 10.1 Å². The summed E-state index contributed by atoms with van der Waals surface area (Å²) in [6, 6.07) is 22.4. The zero-order valence-corrected chi connectivity index (χ0v) is 20.0. The third-order valence-electron chi connectivity index (χ3n) is 5.70. The maximum Gasteiger partial charge on any atom is 0.262 e. The molecule has 0 aliphatic carbocycles. The lowest BCUT2D eigenvalue weighted by Crippen LogP contribution is -2.25. The standard InChI is InChI=1S/C26H20ClFN4O2S/c27-18-10-6-16(7-11-18)21-14-22(17-8-12-19(28)13-9-17)32(31-21)26-30-25(34)23(35-26)15-24(33)29-20-4-2-1-3-5-20/h1-13,22-23H,14-15H2,(H,29,33). The molecule has 2 aliphatic rings. The number of nitrogens with one attached hydrogen (secondary N) is 1. The molecule has 9 heteroatoms. The smallest absolute Gasteiger partial charge is 0.262 e. The van der Waals surface area contributed by atoms with Gasteiger partial charge in [0.15, 0.2) is 5.17 Å². The molecule has 3 aromatic carbocycles. The number of thioether (sulfide) groups is 1. The van der Waals surface area contributed by atoms with Gasteiger partial charge in [0.25, 0.3) is 5.91 Å².